The molecule has 0 spiro atoms. The number of rotatable bonds is 8. The molecule has 2 heterocycles. The van der Waals surface area contributed by atoms with Crippen molar-refractivity contribution in [2.75, 3.05) is 18.2 Å². The van der Waals surface area contributed by atoms with Crippen LogP contribution in [0.3, 0.4) is 0 Å². The zero-order valence-electron chi connectivity index (χ0n) is 18.8. The second-order valence-electron chi connectivity index (χ2n) is 7.92. The van der Waals surface area contributed by atoms with Gasteiger partial charge >= 0.3 is 6.01 Å². The molecule has 4 aromatic rings. The summed E-state index contributed by atoms with van der Waals surface area (Å²) >= 11 is 6.36. The van der Waals surface area contributed by atoms with Gasteiger partial charge in [0.15, 0.2) is 27.1 Å². The van der Waals surface area contributed by atoms with E-state index in [9.17, 15) is 27.4 Å². The number of anilines is 1. The Balaban J connectivity index is 1.90. The second-order valence-corrected chi connectivity index (χ2v) is 10.3. The molecule has 0 fully saturated rings. The molecule has 4 N–H and O–H groups in total. The van der Waals surface area contributed by atoms with E-state index < -0.39 is 40.2 Å². The summed E-state index contributed by atoms with van der Waals surface area (Å²) in [6.45, 7) is 0.962. The first-order chi connectivity index (χ1) is 17.0. The summed E-state index contributed by atoms with van der Waals surface area (Å²) in [5.74, 6) is -2.12. The number of aliphatic hydroxyl groups is 2. The third kappa shape index (κ3) is 5.23. The second kappa shape index (κ2) is 9.93. The SMILES string of the molecule is CC(O)C(CO)Nc1nc(Oc2ccc(F)cc2F)nc2n[nH]c(-c3cc(S(C)(=O)=O)ccc3Cl)c12. The number of aromatic nitrogens is 4. The highest BCUT2D eigenvalue weighted by Crippen LogP contribution is 2.37. The monoisotopic (exact) mass is 539 g/mol. The van der Waals surface area contributed by atoms with E-state index in [0.29, 0.717) is 6.07 Å². The minimum Gasteiger partial charge on any atom is -0.421 e. The van der Waals surface area contributed by atoms with Crippen molar-refractivity contribution in [1.82, 2.24) is 20.2 Å². The van der Waals surface area contributed by atoms with Crippen LogP contribution in [0, 0.1) is 11.6 Å². The molecule has 0 saturated heterocycles. The van der Waals surface area contributed by atoms with Crippen LogP contribution < -0.4 is 10.1 Å². The molecule has 2 atom stereocenters. The molecule has 0 aliphatic heterocycles. The van der Waals surface area contributed by atoms with Crippen LogP contribution in [0.25, 0.3) is 22.3 Å². The van der Waals surface area contributed by atoms with Crippen LogP contribution >= 0.6 is 11.6 Å². The fourth-order valence-electron chi connectivity index (χ4n) is 3.33. The average molecular weight is 540 g/mol. The summed E-state index contributed by atoms with van der Waals surface area (Å²) in [6, 6.07) is 5.55. The molecule has 0 saturated carbocycles. The predicted molar refractivity (Wildman–Crippen MR) is 128 cm³/mol. The molecule has 0 aliphatic carbocycles. The van der Waals surface area contributed by atoms with E-state index in [-0.39, 0.29) is 49.8 Å². The molecule has 4 rings (SSSR count). The van der Waals surface area contributed by atoms with Crippen LogP contribution in [-0.2, 0) is 9.84 Å². The molecule has 36 heavy (non-hydrogen) atoms. The van der Waals surface area contributed by atoms with E-state index in [0.717, 1.165) is 18.4 Å². The normalized spacial score (nSPS) is 13.5. The number of sulfone groups is 1. The van der Waals surface area contributed by atoms with Crippen LogP contribution in [0.1, 0.15) is 6.92 Å². The first kappa shape index (κ1) is 25.7. The highest BCUT2D eigenvalue weighted by atomic mass is 35.5. The minimum atomic E-state index is -3.57. The number of halogens is 3. The summed E-state index contributed by atoms with van der Waals surface area (Å²) in [4.78, 5) is 8.40. The number of aliphatic hydroxyl groups excluding tert-OH is 2. The third-order valence-electron chi connectivity index (χ3n) is 5.22. The molecule has 2 aromatic heterocycles. The Morgan fingerprint density at radius 2 is 1.94 bits per heavy atom. The van der Waals surface area contributed by atoms with E-state index in [2.05, 4.69) is 25.5 Å². The lowest BCUT2D eigenvalue weighted by Gasteiger charge is -2.20. The Kier molecular flexibility index (Phi) is 7.09. The van der Waals surface area contributed by atoms with Gasteiger partial charge in [-0.2, -0.15) is 15.1 Å². The molecule has 2 unspecified atom stereocenters. The largest absolute Gasteiger partial charge is 0.421 e. The van der Waals surface area contributed by atoms with Crippen molar-refractivity contribution in [3.8, 4) is 23.0 Å². The van der Waals surface area contributed by atoms with E-state index in [1.54, 1.807) is 0 Å². The number of nitrogens with one attached hydrogen (secondary N) is 2. The van der Waals surface area contributed by atoms with Crippen molar-refractivity contribution >= 4 is 38.3 Å². The van der Waals surface area contributed by atoms with Crippen molar-refractivity contribution in [3.63, 3.8) is 0 Å². The van der Waals surface area contributed by atoms with E-state index in [4.69, 9.17) is 16.3 Å². The molecule has 0 radical (unpaired) electrons. The molecule has 0 bridgehead atoms. The van der Waals surface area contributed by atoms with Crippen LogP contribution in [0.4, 0.5) is 14.6 Å². The number of fused-ring (bicyclic) bond motifs is 1. The fraction of sp³-hybridized carbons (Fsp3) is 0.227. The smallest absolute Gasteiger partial charge is 0.326 e. The Bertz CT molecular complexity index is 1550. The third-order valence-corrected chi connectivity index (χ3v) is 6.66. The lowest BCUT2D eigenvalue weighted by Crippen LogP contribution is -2.35. The van der Waals surface area contributed by atoms with Crippen molar-refractivity contribution in [3.05, 3.63) is 53.1 Å². The van der Waals surface area contributed by atoms with Gasteiger partial charge in [-0.3, -0.25) is 5.10 Å². The summed E-state index contributed by atoms with van der Waals surface area (Å²) in [7, 11) is -3.57. The van der Waals surface area contributed by atoms with Gasteiger partial charge in [-0.15, -0.1) is 0 Å². The van der Waals surface area contributed by atoms with E-state index >= 15 is 0 Å². The Hall–Kier alpha value is -3.39. The minimum absolute atomic E-state index is 0.00373. The van der Waals surface area contributed by atoms with Crippen molar-refractivity contribution in [2.45, 2.75) is 24.0 Å². The quantitative estimate of drug-likeness (QED) is 0.264. The maximum Gasteiger partial charge on any atom is 0.326 e. The van der Waals surface area contributed by atoms with Crippen LogP contribution in [-0.4, -0.2) is 63.8 Å². The maximum absolute atomic E-state index is 14.1. The zero-order valence-corrected chi connectivity index (χ0v) is 20.4. The van der Waals surface area contributed by atoms with Crippen LogP contribution in [0.5, 0.6) is 11.8 Å². The summed E-state index contributed by atoms with van der Waals surface area (Å²) in [5.41, 5.74) is 0.525. The standard InChI is InChI=1S/C22H20ClF2N5O5S/c1-10(32)16(9-31)26-20-18-19(13-8-12(36(2,33)34)4-5-14(13)23)29-30-21(18)28-22(27-20)35-17-6-3-11(24)7-15(17)25/h3-8,10,16,31-32H,9H2,1-2H3,(H2,26,27,28,29,30). The van der Waals surface area contributed by atoms with Crippen molar-refractivity contribution in [2.24, 2.45) is 0 Å². The van der Waals surface area contributed by atoms with Crippen LogP contribution in [0.2, 0.25) is 5.02 Å². The Morgan fingerprint density at radius 3 is 2.58 bits per heavy atom. The van der Waals surface area contributed by atoms with Gasteiger partial charge in [0.25, 0.3) is 0 Å². The predicted octanol–water partition coefficient (Wildman–Crippen LogP) is 3.30. The molecule has 190 valence electrons. The number of H-pyrrole nitrogens is 1. The average Bonchev–Trinajstić information content (AvgIpc) is 3.22. The number of benzene rings is 2. The molecular formula is C22H20ClF2N5O5S. The molecule has 2 aromatic carbocycles. The summed E-state index contributed by atoms with van der Waals surface area (Å²) in [5, 5.41) is 29.9. The molecule has 10 nitrogen and oxygen atoms in total. The van der Waals surface area contributed by atoms with Gasteiger partial charge in [0.05, 0.1) is 39.8 Å². The number of hydrogen-bond acceptors (Lipinski definition) is 9. The summed E-state index contributed by atoms with van der Waals surface area (Å²) in [6.07, 6.45) is 0.0276. The van der Waals surface area contributed by atoms with Crippen LogP contribution in [0.15, 0.2) is 41.3 Å². The number of ether oxygens (including phenoxy) is 1. The van der Waals surface area contributed by atoms with Crippen molar-refractivity contribution in [1.29, 1.82) is 0 Å². The maximum atomic E-state index is 14.1. The van der Waals surface area contributed by atoms with Crippen molar-refractivity contribution < 1.29 is 32.1 Å². The topological polar surface area (TPSA) is 150 Å². The van der Waals surface area contributed by atoms with Gasteiger partial charge < -0.3 is 20.3 Å². The molecule has 0 amide bonds. The molecule has 0 aliphatic rings. The first-order valence-electron chi connectivity index (χ1n) is 10.4. The van der Waals surface area contributed by atoms with Gasteiger partial charge in [0.2, 0.25) is 0 Å². The van der Waals surface area contributed by atoms with E-state index in [1.165, 1.54) is 25.1 Å². The molecular weight excluding hydrogens is 520 g/mol. The number of hydrogen-bond donors (Lipinski definition) is 4. The van der Waals surface area contributed by atoms with E-state index in [1.807, 2.05) is 0 Å². The summed E-state index contributed by atoms with van der Waals surface area (Å²) < 4.78 is 57.0. The van der Waals surface area contributed by atoms with Gasteiger partial charge in [0.1, 0.15) is 11.6 Å². The highest BCUT2D eigenvalue weighted by molar-refractivity contribution is 7.90. The number of nitrogens with zero attached hydrogens (tertiary/aromatic N) is 3. The lowest BCUT2D eigenvalue weighted by atomic mass is 10.1. The van der Waals surface area contributed by atoms with Gasteiger partial charge in [0, 0.05) is 17.9 Å². The number of aromatic amines is 1. The lowest BCUT2D eigenvalue weighted by molar-refractivity contribution is 0.132. The zero-order chi connectivity index (χ0) is 26.2. The Morgan fingerprint density at radius 1 is 1.19 bits per heavy atom. The van der Waals surface area contributed by atoms with Gasteiger partial charge in [-0.25, -0.2) is 17.2 Å². The molecule has 14 heteroatoms. The van der Waals surface area contributed by atoms with Gasteiger partial charge in [-0.1, -0.05) is 11.6 Å². The first-order valence-corrected chi connectivity index (χ1v) is 12.7. The van der Waals surface area contributed by atoms with Gasteiger partial charge in [-0.05, 0) is 37.3 Å². The highest BCUT2D eigenvalue weighted by Gasteiger charge is 2.24. The Labute approximate surface area is 208 Å². The fourth-order valence-corrected chi connectivity index (χ4v) is 4.19.